The van der Waals surface area contributed by atoms with Crippen LogP contribution in [0.1, 0.15) is 29.3 Å². The van der Waals surface area contributed by atoms with Crippen molar-refractivity contribution >= 4 is 27.5 Å². The minimum Gasteiger partial charge on any atom is -0.495 e. The van der Waals surface area contributed by atoms with E-state index in [1.54, 1.807) is 39.5 Å². The van der Waals surface area contributed by atoms with Gasteiger partial charge in [-0.2, -0.15) is 4.99 Å². The Hall–Kier alpha value is -2.80. The summed E-state index contributed by atoms with van der Waals surface area (Å²) in [4.78, 5) is 17.9. The molecule has 0 spiro atoms. The Balaban J connectivity index is 2.17. The number of fused-ring (bicyclic) bond motifs is 1. The molecule has 2 aromatic carbocycles. The van der Waals surface area contributed by atoms with Gasteiger partial charge in [0, 0.05) is 12.1 Å². The first-order valence-electron chi connectivity index (χ1n) is 9.02. The van der Waals surface area contributed by atoms with Crippen molar-refractivity contribution in [3.63, 3.8) is 0 Å². The monoisotopic (exact) mass is 400 g/mol. The molecule has 1 amide bonds. The van der Waals surface area contributed by atoms with Crippen LogP contribution in [0.3, 0.4) is 0 Å². The average Bonchev–Trinajstić information content (AvgIpc) is 3.07. The van der Waals surface area contributed by atoms with Gasteiger partial charge in [0.15, 0.2) is 16.3 Å². The van der Waals surface area contributed by atoms with E-state index in [9.17, 15) is 4.79 Å². The zero-order valence-electron chi connectivity index (χ0n) is 16.7. The van der Waals surface area contributed by atoms with Crippen molar-refractivity contribution in [2.24, 2.45) is 4.99 Å². The summed E-state index contributed by atoms with van der Waals surface area (Å²) < 4.78 is 19.2. The second-order valence-corrected chi connectivity index (χ2v) is 7.26. The number of methoxy groups -OCH3 is 3. The van der Waals surface area contributed by atoms with E-state index >= 15 is 0 Å². The Bertz CT molecular complexity index is 1080. The summed E-state index contributed by atoms with van der Waals surface area (Å²) in [5.41, 5.74) is 2.56. The summed E-state index contributed by atoms with van der Waals surface area (Å²) in [7, 11) is 4.76. The lowest BCUT2D eigenvalue weighted by Crippen LogP contribution is -2.17. The van der Waals surface area contributed by atoms with Crippen LogP contribution in [0.15, 0.2) is 35.3 Å². The third-order valence-corrected chi connectivity index (χ3v) is 5.69. The van der Waals surface area contributed by atoms with Crippen LogP contribution in [0, 0.1) is 6.92 Å². The number of ether oxygens (including phenoxy) is 3. The van der Waals surface area contributed by atoms with E-state index in [0.717, 1.165) is 34.5 Å². The van der Waals surface area contributed by atoms with Crippen LogP contribution in [0.25, 0.3) is 10.2 Å². The average molecular weight is 401 g/mol. The van der Waals surface area contributed by atoms with Crippen molar-refractivity contribution in [3.05, 3.63) is 46.3 Å². The van der Waals surface area contributed by atoms with Gasteiger partial charge in [0.1, 0.15) is 11.3 Å². The lowest BCUT2D eigenvalue weighted by Gasteiger charge is -2.09. The number of carbonyl (C=O) groups is 1. The molecule has 0 saturated carbocycles. The Kier molecular flexibility index (Phi) is 6.04. The van der Waals surface area contributed by atoms with Crippen LogP contribution in [0.2, 0.25) is 0 Å². The van der Waals surface area contributed by atoms with Crippen LogP contribution >= 0.6 is 11.3 Å². The van der Waals surface area contributed by atoms with Gasteiger partial charge in [-0.05, 0) is 43.2 Å². The number of hydrogen-bond acceptors (Lipinski definition) is 5. The standard InChI is InChI=1S/C21H24N2O4S/c1-6-11-23-18-16(26-4)9-7-13(2)19(18)28-21(23)22-20(24)14-8-10-15(25-3)17(12-14)27-5/h7-10,12H,6,11H2,1-5H3. The Morgan fingerprint density at radius 2 is 1.71 bits per heavy atom. The molecule has 0 saturated heterocycles. The fourth-order valence-corrected chi connectivity index (χ4v) is 4.22. The van der Waals surface area contributed by atoms with E-state index < -0.39 is 0 Å². The molecule has 7 heteroatoms. The molecule has 0 aliphatic carbocycles. The highest BCUT2D eigenvalue weighted by Gasteiger charge is 2.15. The maximum Gasteiger partial charge on any atom is 0.279 e. The van der Waals surface area contributed by atoms with E-state index in [1.165, 1.54) is 11.3 Å². The fraction of sp³-hybridized carbons (Fsp3) is 0.333. The minimum absolute atomic E-state index is 0.325. The Labute approximate surface area is 168 Å². The molecule has 0 N–H and O–H groups in total. The summed E-state index contributed by atoms with van der Waals surface area (Å²) in [6.07, 6.45) is 0.917. The van der Waals surface area contributed by atoms with Gasteiger partial charge in [0.25, 0.3) is 5.91 Å². The number of rotatable bonds is 6. The molecular weight excluding hydrogens is 376 g/mol. The molecule has 1 aromatic heterocycles. The van der Waals surface area contributed by atoms with Crippen LogP contribution < -0.4 is 19.0 Å². The second kappa shape index (κ2) is 8.48. The summed E-state index contributed by atoms with van der Waals surface area (Å²) >= 11 is 1.50. The number of aromatic nitrogens is 1. The van der Waals surface area contributed by atoms with Gasteiger partial charge < -0.3 is 18.8 Å². The van der Waals surface area contributed by atoms with Gasteiger partial charge in [0.2, 0.25) is 0 Å². The first-order valence-corrected chi connectivity index (χ1v) is 9.83. The molecule has 148 valence electrons. The number of amides is 1. The van der Waals surface area contributed by atoms with Crippen molar-refractivity contribution in [1.82, 2.24) is 4.57 Å². The smallest absolute Gasteiger partial charge is 0.279 e. The van der Waals surface area contributed by atoms with E-state index in [1.807, 2.05) is 12.1 Å². The van der Waals surface area contributed by atoms with Gasteiger partial charge in [-0.1, -0.05) is 24.3 Å². The molecule has 0 atom stereocenters. The summed E-state index contributed by atoms with van der Waals surface area (Å²) in [5.74, 6) is 1.53. The van der Waals surface area contributed by atoms with E-state index in [4.69, 9.17) is 14.2 Å². The molecule has 3 rings (SSSR count). The first-order chi connectivity index (χ1) is 13.5. The van der Waals surface area contributed by atoms with Crippen molar-refractivity contribution < 1.29 is 19.0 Å². The lowest BCUT2D eigenvalue weighted by atomic mass is 10.2. The van der Waals surface area contributed by atoms with Crippen LogP contribution in [0.4, 0.5) is 0 Å². The van der Waals surface area contributed by atoms with E-state index in [0.29, 0.717) is 21.9 Å². The molecule has 0 aliphatic heterocycles. The van der Waals surface area contributed by atoms with Gasteiger partial charge >= 0.3 is 0 Å². The van der Waals surface area contributed by atoms with Gasteiger partial charge in [-0.25, -0.2) is 0 Å². The molecule has 6 nitrogen and oxygen atoms in total. The highest BCUT2D eigenvalue weighted by Crippen LogP contribution is 2.31. The zero-order valence-corrected chi connectivity index (χ0v) is 17.6. The predicted octanol–water partition coefficient (Wildman–Crippen LogP) is 4.19. The topological polar surface area (TPSA) is 62.1 Å². The van der Waals surface area contributed by atoms with Gasteiger partial charge in [-0.15, -0.1) is 0 Å². The third kappa shape index (κ3) is 3.62. The van der Waals surface area contributed by atoms with Crippen molar-refractivity contribution in [3.8, 4) is 17.2 Å². The number of hydrogen-bond donors (Lipinski definition) is 0. The largest absolute Gasteiger partial charge is 0.495 e. The molecule has 0 fully saturated rings. The lowest BCUT2D eigenvalue weighted by molar-refractivity contribution is 0.0997. The normalized spacial score (nSPS) is 11.7. The number of thiazole rings is 1. The molecule has 1 heterocycles. The maximum atomic E-state index is 12.9. The Morgan fingerprint density at radius 3 is 2.36 bits per heavy atom. The van der Waals surface area contributed by atoms with Crippen molar-refractivity contribution in [2.75, 3.05) is 21.3 Å². The summed E-state index contributed by atoms with van der Waals surface area (Å²) in [6, 6.07) is 9.02. The molecular formula is C21H24N2O4S. The quantitative estimate of drug-likeness (QED) is 0.622. The van der Waals surface area contributed by atoms with E-state index in [-0.39, 0.29) is 5.91 Å². The Morgan fingerprint density at radius 1 is 1.04 bits per heavy atom. The van der Waals surface area contributed by atoms with Crippen molar-refractivity contribution in [2.45, 2.75) is 26.8 Å². The fourth-order valence-electron chi connectivity index (χ4n) is 3.08. The number of aryl methyl sites for hydroxylation is 2. The second-order valence-electron chi connectivity index (χ2n) is 6.29. The molecule has 0 aliphatic rings. The third-order valence-electron chi connectivity index (χ3n) is 4.48. The number of benzene rings is 2. The van der Waals surface area contributed by atoms with Crippen LogP contribution in [0.5, 0.6) is 17.2 Å². The van der Waals surface area contributed by atoms with Gasteiger partial charge in [0.05, 0.1) is 26.0 Å². The predicted molar refractivity (Wildman–Crippen MR) is 111 cm³/mol. The van der Waals surface area contributed by atoms with Crippen molar-refractivity contribution in [1.29, 1.82) is 0 Å². The number of nitrogens with zero attached hydrogens (tertiary/aromatic N) is 2. The minimum atomic E-state index is -0.325. The van der Waals surface area contributed by atoms with Crippen LogP contribution in [-0.4, -0.2) is 31.8 Å². The molecule has 0 unspecified atom stereocenters. The molecule has 28 heavy (non-hydrogen) atoms. The highest BCUT2D eigenvalue weighted by atomic mass is 32.1. The number of carbonyl (C=O) groups excluding carboxylic acids is 1. The summed E-state index contributed by atoms with van der Waals surface area (Å²) in [5, 5.41) is 0. The van der Waals surface area contributed by atoms with E-state index in [2.05, 4.69) is 23.4 Å². The van der Waals surface area contributed by atoms with Gasteiger partial charge in [-0.3, -0.25) is 4.79 Å². The maximum absolute atomic E-state index is 12.9. The van der Waals surface area contributed by atoms with Crippen LogP contribution in [-0.2, 0) is 6.54 Å². The highest BCUT2D eigenvalue weighted by molar-refractivity contribution is 7.16. The molecule has 0 radical (unpaired) electrons. The SMILES string of the molecule is CCCn1c(=NC(=O)c2ccc(OC)c(OC)c2)sc2c(C)ccc(OC)c21. The zero-order chi connectivity index (χ0) is 20.3. The first kappa shape index (κ1) is 19.9. The summed E-state index contributed by atoms with van der Waals surface area (Å²) in [6.45, 7) is 4.89. The molecule has 3 aromatic rings. The molecule has 0 bridgehead atoms.